The Labute approximate surface area is 806 Å². The van der Waals surface area contributed by atoms with Gasteiger partial charge >= 0.3 is 5.92 Å². The van der Waals surface area contributed by atoms with Gasteiger partial charge in [0, 0.05) is 187 Å². The highest BCUT2D eigenvalue weighted by molar-refractivity contribution is 5.82. The number of aliphatic hydroxyl groups excluding tert-OH is 6. The van der Waals surface area contributed by atoms with Gasteiger partial charge in [0.1, 0.15) is 70.9 Å². The van der Waals surface area contributed by atoms with Gasteiger partial charge in [0.15, 0.2) is 54.2 Å². The Bertz CT molecular complexity index is 5740. The molecule has 0 unspecified atom stereocenters. The van der Waals surface area contributed by atoms with Crippen molar-refractivity contribution in [2.75, 3.05) is 215 Å². The highest BCUT2D eigenvalue weighted by atomic mass is 19.3. The number of benzene rings is 6. The second-order valence-electron chi connectivity index (χ2n) is 35.7. The van der Waals surface area contributed by atoms with Gasteiger partial charge in [0.2, 0.25) is 0 Å². The molecular formula is C99H113F4N21O16. The summed E-state index contributed by atoms with van der Waals surface area (Å²) in [6.45, 7) is 17.4. The first-order chi connectivity index (χ1) is 67.8. The Balaban J connectivity index is 0.000000151. The number of nitriles is 3. The number of ether oxygens (including phenoxy) is 7. The van der Waals surface area contributed by atoms with Crippen LogP contribution in [0.25, 0.3) is 34.2 Å². The largest absolute Gasteiger partial charge is 0.495 e. The maximum absolute atomic E-state index is 15.0. The molecule has 9 aromatic rings. The van der Waals surface area contributed by atoms with Crippen LogP contribution in [0, 0.1) is 47.8 Å². The highest BCUT2D eigenvalue weighted by Crippen LogP contribution is 2.40. The van der Waals surface area contributed by atoms with Gasteiger partial charge in [-0.1, -0.05) is 0 Å². The summed E-state index contributed by atoms with van der Waals surface area (Å²) in [7, 11) is 1.64. The lowest BCUT2D eigenvalue weighted by Gasteiger charge is -2.43. The van der Waals surface area contributed by atoms with Gasteiger partial charge in [-0.15, -0.1) is 0 Å². The van der Waals surface area contributed by atoms with Crippen LogP contribution in [0.1, 0.15) is 47.1 Å². The van der Waals surface area contributed by atoms with Crippen molar-refractivity contribution >= 4 is 69.3 Å². The Morgan fingerprint density at radius 2 is 0.771 bits per heavy atom. The number of piperidine rings is 3. The van der Waals surface area contributed by atoms with Crippen molar-refractivity contribution < 1.29 is 95.7 Å². The molecule has 738 valence electrons. The van der Waals surface area contributed by atoms with Gasteiger partial charge in [-0.05, 0) is 146 Å². The molecule has 12 heterocycles. The zero-order valence-electron chi connectivity index (χ0n) is 77.7. The minimum Gasteiger partial charge on any atom is -0.495 e. The molecular weight excluding hydrogens is 1820 g/mol. The number of methoxy groups -OCH3 is 1. The summed E-state index contributed by atoms with van der Waals surface area (Å²) in [4.78, 5) is 81.2. The van der Waals surface area contributed by atoms with E-state index in [4.69, 9.17) is 48.5 Å². The lowest BCUT2D eigenvalue weighted by Crippen LogP contribution is -2.57. The van der Waals surface area contributed by atoms with Crippen molar-refractivity contribution in [3.8, 4) is 75.4 Å². The van der Waals surface area contributed by atoms with E-state index in [9.17, 15) is 63.1 Å². The normalized spacial score (nSPS) is 21.0. The Morgan fingerprint density at radius 3 is 1.09 bits per heavy atom. The molecule has 9 saturated heterocycles. The number of amides is 3. The number of piperazine rings is 3. The van der Waals surface area contributed by atoms with Crippen LogP contribution in [0.3, 0.4) is 0 Å². The first kappa shape index (κ1) is 99.7. The molecule has 0 radical (unpaired) electrons. The van der Waals surface area contributed by atoms with E-state index < -0.39 is 99.0 Å². The van der Waals surface area contributed by atoms with Crippen LogP contribution in [0.4, 0.5) is 69.1 Å². The van der Waals surface area contributed by atoms with E-state index in [1.54, 1.807) is 86.4 Å². The molecule has 37 nitrogen and oxygen atoms in total. The van der Waals surface area contributed by atoms with Crippen molar-refractivity contribution in [1.82, 2.24) is 59.3 Å². The van der Waals surface area contributed by atoms with E-state index in [1.807, 2.05) is 36.4 Å². The van der Waals surface area contributed by atoms with E-state index >= 15 is 0 Å². The summed E-state index contributed by atoms with van der Waals surface area (Å²) < 4.78 is 98.9. The Morgan fingerprint density at radius 1 is 0.436 bits per heavy atom. The van der Waals surface area contributed by atoms with Gasteiger partial charge in [0.05, 0.1) is 127 Å². The fraction of sp³-hybridized carbons (Fsp3) is 0.455. The predicted octanol–water partition coefficient (Wildman–Crippen LogP) is 6.77. The third kappa shape index (κ3) is 23.9. The number of anilines is 9. The third-order valence-electron chi connectivity index (χ3n) is 26.4. The molecule has 0 bridgehead atoms. The summed E-state index contributed by atoms with van der Waals surface area (Å²) in [5, 5.41) is 95.3. The maximum atomic E-state index is 15.0. The summed E-state index contributed by atoms with van der Waals surface area (Å²) in [6, 6.07) is 45.9. The van der Waals surface area contributed by atoms with Crippen LogP contribution >= 0.6 is 0 Å². The second-order valence-corrected chi connectivity index (χ2v) is 35.7. The number of halogens is 4. The van der Waals surface area contributed by atoms with Crippen LogP contribution in [-0.4, -0.2) is 365 Å². The summed E-state index contributed by atoms with van der Waals surface area (Å²) in [6.07, 6.45) is -6.38. The average molecular weight is 1930 g/mol. The summed E-state index contributed by atoms with van der Waals surface area (Å²) in [5.74, 6) is -1.93. The summed E-state index contributed by atoms with van der Waals surface area (Å²) >= 11 is 0. The fourth-order valence-corrected chi connectivity index (χ4v) is 18.2. The van der Waals surface area contributed by atoms with Crippen LogP contribution in [0.15, 0.2) is 146 Å². The molecule has 18 rings (SSSR count). The van der Waals surface area contributed by atoms with Gasteiger partial charge in [0.25, 0.3) is 17.7 Å². The number of rotatable bonds is 28. The van der Waals surface area contributed by atoms with Crippen LogP contribution in [-0.2, 0) is 28.6 Å². The van der Waals surface area contributed by atoms with Gasteiger partial charge in [-0.2, -0.15) is 15.8 Å². The fourth-order valence-electron chi connectivity index (χ4n) is 18.2. The lowest BCUT2D eigenvalue weighted by molar-refractivity contribution is -0.167. The number of hydrogen-bond acceptors (Lipinski definition) is 34. The monoisotopic (exact) mass is 1930 g/mol. The average Bonchev–Trinajstić information content (AvgIpc) is 0.779. The molecule has 140 heavy (non-hydrogen) atoms. The highest BCUT2D eigenvalue weighted by Gasteiger charge is 2.49. The number of alkyl halides is 4. The summed E-state index contributed by atoms with van der Waals surface area (Å²) in [5.41, 5.74) is 10.5. The van der Waals surface area contributed by atoms with E-state index in [0.29, 0.717) is 69.7 Å². The molecule has 41 heteroatoms. The van der Waals surface area contributed by atoms with E-state index in [0.717, 1.165) is 152 Å². The molecule has 0 aliphatic carbocycles. The molecule has 3 aromatic heterocycles. The number of nitrogens with zero attached hydrogens (tertiary/aromatic N) is 18. The van der Waals surface area contributed by atoms with Gasteiger partial charge < -0.3 is 109 Å². The van der Waals surface area contributed by atoms with Crippen molar-refractivity contribution in [3.63, 3.8) is 0 Å². The number of aryl methyl sites for hydroxylation is 2. The molecule has 9 aliphatic rings. The molecule has 3 amide bonds. The first-order valence-corrected chi connectivity index (χ1v) is 46.8. The van der Waals surface area contributed by atoms with Gasteiger partial charge in [-0.3, -0.25) is 29.1 Å². The van der Waals surface area contributed by atoms with Gasteiger partial charge in [-0.25, -0.2) is 47.5 Å². The smallest absolute Gasteiger partial charge is 0.301 e. The zero-order chi connectivity index (χ0) is 98.3. The quantitative estimate of drug-likeness (QED) is 0.0228. The standard InChI is InChI=1S/C33H37F2N7O6.2C33H38FN7O5/c1-46-28-15-23(3-4-25(28)41-12-10-40(11-13-41)24-18-47-19-24)38-30-6-8-37-31(39-30)21-2-5-27(22(14-21)16-36)48-29-7-9-42(20-33(29,34)35)32(45)26(44)17-43;2*1-21-14-24(3-4-27(21)40-12-10-39(11-13-40)25-19-45-20-25)37-31-6-8-36-32(38-31)22-2-5-29(23(15-22)16-35)46-30-7-9-41(17-26(30)34)33(44)28(43)18-42/h2-6,8,14-15,24,26,29,43-44H,7,9-13,17-20H2,1H3,(H,37,38,39);2*2-6,8,14-15,25-26,28,30,42-43H,7,9-13,17-20H2,1H3,(H,36,37,38)/t26-,29-;26-,28+,30+;26-,28-,30+/m011/s1. The van der Waals surface area contributed by atoms with Crippen molar-refractivity contribution in [1.29, 1.82) is 15.8 Å². The molecule has 6 aromatic carbocycles. The number of carbonyl (C=O) groups is 3. The van der Waals surface area contributed by atoms with Crippen molar-refractivity contribution in [2.45, 2.75) is 106 Å². The Kier molecular flexibility index (Phi) is 32.6. The molecule has 8 atom stereocenters. The number of hydrogen-bond donors (Lipinski definition) is 9. The minimum absolute atomic E-state index is 0.0154. The SMILES string of the molecule is COc1cc(Nc2ccnc(-c3ccc(O[C@H]4CCN(C(=O)[C@@H](O)CO)CC4(F)F)c(C#N)c3)n2)ccc1N1CCN(C2COC2)CC1.Cc1cc(Nc2ccnc(-c3ccc(O[C@H]4CCN(C(=O)[C@@H](O)CO)C[C@H]4F)c(C#N)c3)n2)ccc1N1CCN(C2COC2)CC1.Cc1cc(Nc2ccnc(-c3ccc(O[C@H]4CCN(C(=O)[C@H](O)CO)C[C@H]4F)c(C#N)c3)n2)ccc1N1CCN(C2COC2)CC1. The van der Waals surface area contributed by atoms with Crippen LogP contribution in [0.5, 0.6) is 23.0 Å². The number of aromatic nitrogens is 6. The maximum Gasteiger partial charge on any atom is 0.301 e. The van der Waals surface area contributed by atoms with E-state index in [-0.39, 0.29) is 85.9 Å². The van der Waals surface area contributed by atoms with Crippen LogP contribution in [0.2, 0.25) is 0 Å². The van der Waals surface area contributed by atoms with E-state index in [1.165, 1.54) is 44.4 Å². The lowest BCUT2D eigenvalue weighted by atomic mass is 10.0. The number of likely N-dealkylation sites (tertiary alicyclic amines) is 3. The molecule has 0 spiro atoms. The molecule has 9 fully saturated rings. The van der Waals surface area contributed by atoms with Crippen molar-refractivity contribution in [2.24, 2.45) is 0 Å². The van der Waals surface area contributed by atoms with Crippen LogP contribution < -0.4 is 49.6 Å². The zero-order valence-corrected chi connectivity index (χ0v) is 77.7. The number of aliphatic hydroxyl groups is 6. The predicted molar refractivity (Wildman–Crippen MR) is 508 cm³/mol. The second kappa shape index (κ2) is 45.7. The first-order valence-electron chi connectivity index (χ1n) is 46.8. The van der Waals surface area contributed by atoms with E-state index in [2.05, 4.69) is 126 Å². The van der Waals surface area contributed by atoms with Crippen molar-refractivity contribution in [3.05, 3.63) is 174 Å². The third-order valence-corrected chi connectivity index (χ3v) is 26.4. The number of nitrogens with one attached hydrogen (secondary N) is 3. The molecule has 0 saturated carbocycles. The number of carbonyl (C=O) groups excluding carboxylic acids is 3. The Hall–Kier alpha value is -13.3. The molecule has 9 aliphatic heterocycles. The molecule has 9 N–H and O–H groups in total. The minimum atomic E-state index is -3.46. The topological polar surface area (TPSA) is 451 Å².